The molecule has 2 bridgehead atoms. The van der Waals surface area contributed by atoms with Crippen LogP contribution in [0.3, 0.4) is 0 Å². The Kier molecular flexibility index (Phi) is 10.2. The summed E-state index contributed by atoms with van der Waals surface area (Å²) in [6.07, 6.45) is 8.74. The number of anilines is 2. The summed E-state index contributed by atoms with van der Waals surface area (Å²) < 4.78 is 40.5. The van der Waals surface area contributed by atoms with E-state index in [-0.39, 0.29) is 59.8 Å². The van der Waals surface area contributed by atoms with Crippen LogP contribution in [0.5, 0.6) is 0 Å². The highest BCUT2D eigenvalue weighted by Crippen LogP contribution is 2.37. The standard InChI is InChI=1S/C43H47F2N11O5/c1-51-38-27(3-2-4-33(38)56(43(51)60)34-11-12-36(57)49-42(34)59)8-5-25-13-16-52(17-14-25)21-26-6-9-28(10-7-26)55-23-32(37(50-55)39(44)45)47-41(58)31-20-46-54-18-15-35(48-40(31)54)53-22-30-19-29(53)24-61-30/h2-4,15,18,20,23,25-26,28-30,34,39H,6-7,9-14,16-17,19,21-22,24H2,1H3,(H,47,58)(H,49,57,59)/t26-,28-,29-,30-,34?/m1/s1. The molecule has 18 heteroatoms. The van der Waals surface area contributed by atoms with Crippen molar-refractivity contribution in [3.05, 3.63) is 70.2 Å². The number of imidazole rings is 1. The molecule has 1 saturated carbocycles. The number of rotatable bonds is 8. The van der Waals surface area contributed by atoms with Crippen molar-refractivity contribution in [1.82, 2.24) is 43.7 Å². The number of carbonyl (C=O) groups is 3. The number of nitrogens with one attached hydrogen (secondary N) is 2. The topological polar surface area (TPSA) is 166 Å². The number of morpholine rings is 1. The first-order valence-electron chi connectivity index (χ1n) is 21.3. The van der Waals surface area contributed by atoms with Crippen LogP contribution in [0.4, 0.5) is 20.3 Å². The van der Waals surface area contributed by atoms with E-state index in [1.54, 1.807) is 17.9 Å². The average Bonchev–Trinajstić information content (AvgIpc) is 4.11. The number of imide groups is 1. The summed E-state index contributed by atoms with van der Waals surface area (Å²) in [4.78, 5) is 60.6. The molecule has 1 unspecified atom stereocenters. The molecule has 3 amide bonds. The van der Waals surface area contributed by atoms with Gasteiger partial charge in [0.05, 0.1) is 53.3 Å². The molecule has 8 heterocycles. The summed E-state index contributed by atoms with van der Waals surface area (Å²) in [7, 11) is 1.68. The molecule has 3 atom stereocenters. The van der Waals surface area contributed by atoms with Crippen LogP contribution in [0.15, 0.2) is 47.7 Å². The molecule has 318 valence electrons. The summed E-state index contributed by atoms with van der Waals surface area (Å²) in [6.45, 7) is 4.19. The number of amides is 3. The van der Waals surface area contributed by atoms with Crippen molar-refractivity contribution in [2.24, 2.45) is 18.9 Å². The first kappa shape index (κ1) is 39.2. The molecule has 0 radical (unpaired) electrons. The number of aromatic nitrogens is 7. The predicted octanol–water partition coefficient (Wildman–Crippen LogP) is 4.22. The van der Waals surface area contributed by atoms with E-state index >= 15 is 0 Å². The number of hydrogen-bond acceptors (Lipinski definition) is 10. The molecule has 5 fully saturated rings. The van der Waals surface area contributed by atoms with Crippen LogP contribution in [0.2, 0.25) is 0 Å². The zero-order chi connectivity index (χ0) is 41.9. The fourth-order valence-corrected chi connectivity index (χ4v) is 10.1. The molecule has 5 aliphatic rings. The number of piperidine rings is 2. The van der Waals surface area contributed by atoms with Gasteiger partial charge in [-0.25, -0.2) is 23.1 Å². The van der Waals surface area contributed by atoms with Crippen LogP contribution in [-0.4, -0.2) is 101 Å². The Morgan fingerprint density at radius 1 is 1.05 bits per heavy atom. The largest absolute Gasteiger partial charge is 0.374 e. The van der Waals surface area contributed by atoms with E-state index < -0.39 is 30.0 Å². The van der Waals surface area contributed by atoms with Crippen LogP contribution in [0.1, 0.15) is 97.9 Å². The minimum atomic E-state index is -2.86. The van der Waals surface area contributed by atoms with E-state index in [1.807, 2.05) is 24.3 Å². The lowest BCUT2D eigenvalue weighted by atomic mass is 9.85. The summed E-state index contributed by atoms with van der Waals surface area (Å²) in [5, 5.41) is 13.6. The molecule has 16 nitrogen and oxygen atoms in total. The zero-order valence-corrected chi connectivity index (χ0v) is 33.8. The number of benzene rings is 1. The predicted molar refractivity (Wildman–Crippen MR) is 219 cm³/mol. The highest BCUT2D eigenvalue weighted by molar-refractivity contribution is 6.08. The quantitative estimate of drug-likeness (QED) is 0.171. The minimum Gasteiger partial charge on any atom is -0.374 e. The van der Waals surface area contributed by atoms with Gasteiger partial charge >= 0.3 is 5.69 Å². The lowest BCUT2D eigenvalue weighted by Crippen LogP contribution is -2.44. The Bertz CT molecular complexity index is 2660. The maximum absolute atomic E-state index is 14.3. The molecule has 4 aromatic heterocycles. The number of nitrogens with zero attached hydrogens (tertiary/aromatic N) is 9. The van der Waals surface area contributed by atoms with Crippen molar-refractivity contribution < 1.29 is 27.9 Å². The lowest BCUT2D eigenvalue weighted by molar-refractivity contribution is -0.135. The molecule has 2 N–H and O–H groups in total. The monoisotopic (exact) mass is 835 g/mol. The van der Waals surface area contributed by atoms with Crippen LogP contribution >= 0.6 is 0 Å². The number of aryl methyl sites for hydroxylation is 1. The fourth-order valence-electron chi connectivity index (χ4n) is 10.1. The van der Waals surface area contributed by atoms with E-state index in [0.29, 0.717) is 29.2 Å². The number of ether oxygens (including phenoxy) is 1. The summed E-state index contributed by atoms with van der Waals surface area (Å²) in [6, 6.07) is 6.86. The normalized spacial score (nSPS) is 24.8. The molecule has 0 spiro atoms. The maximum Gasteiger partial charge on any atom is 0.329 e. The second kappa shape index (κ2) is 15.8. The third-order valence-corrected chi connectivity index (χ3v) is 13.3. The molecule has 10 rings (SSSR count). The highest BCUT2D eigenvalue weighted by Gasteiger charge is 2.40. The Labute approximate surface area is 349 Å². The maximum atomic E-state index is 14.3. The highest BCUT2D eigenvalue weighted by atomic mass is 19.3. The molecular formula is C43H47F2N11O5. The van der Waals surface area contributed by atoms with Gasteiger partial charge in [0.1, 0.15) is 17.4 Å². The number of halogens is 2. The van der Waals surface area contributed by atoms with Gasteiger partial charge in [-0.1, -0.05) is 17.9 Å². The summed E-state index contributed by atoms with van der Waals surface area (Å²) in [5.41, 5.74) is 1.79. The molecule has 1 aliphatic carbocycles. The van der Waals surface area contributed by atoms with Gasteiger partial charge in [-0.15, -0.1) is 0 Å². The van der Waals surface area contributed by atoms with E-state index in [1.165, 1.54) is 26.0 Å². The second-order valence-electron chi connectivity index (χ2n) is 17.1. The second-order valence-corrected chi connectivity index (χ2v) is 17.1. The third-order valence-electron chi connectivity index (χ3n) is 13.3. The van der Waals surface area contributed by atoms with Gasteiger partial charge in [0.2, 0.25) is 11.8 Å². The first-order valence-corrected chi connectivity index (χ1v) is 21.3. The van der Waals surface area contributed by atoms with Crippen molar-refractivity contribution in [1.29, 1.82) is 0 Å². The van der Waals surface area contributed by atoms with Gasteiger partial charge < -0.3 is 19.9 Å². The van der Waals surface area contributed by atoms with Crippen LogP contribution in [0.25, 0.3) is 16.7 Å². The number of para-hydroxylation sites is 1. The van der Waals surface area contributed by atoms with Gasteiger partial charge in [0, 0.05) is 44.9 Å². The van der Waals surface area contributed by atoms with Gasteiger partial charge in [0.15, 0.2) is 11.3 Å². The van der Waals surface area contributed by atoms with E-state index in [9.17, 15) is 28.0 Å². The van der Waals surface area contributed by atoms with Crippen molar-refractivity contribution in [2.75, 3.05) is 43.0 Å². The number of hydrogen-bond donors (Lipinski definition) is 2. The van der Waals surface area contributed by atoms with E-state index in [0.717, 1.165) is 82.5 Å². The van der Waals surface area contributed by atoms with Crippen molar-refractivity contribution in [2.45, 2.75) is 88.4 Å². The van der Waals surface area contributed by atoms with Gasteiger partial charge in [0.25, 0.3) is 12.3 Å². The molecule has 4 aliphatic heterocycles. The van der Waals surface area contributed by atoms with Gasteiger partial charge in [-0.05, 0) is 88.6 Å². The molecule has 5 aromatic rings. The summed E-state index contributed by atoms with van der Waals surface area (Å²) in [5.74, 6) is 6.85. The Hall–Kier alpha value is -5.93. The van der Waals surface area contributed by atoms with Crippen LogP contribution < -0.4 is 21.2 Å². The number of alkyl halides is 2. The lowest BCUT2D eigenvalue weighted by Gasteiger charge is -2.35. The van der Waals surface area contributed by atoms with E-state index in [2.05, 4.69) is 42.5 Å². The molecule has 61 heavy (non-hydrogen) atoms. The van der Waals surface area contributed by atoms with Crippen LogP contribution in [-0.2, 0) is 21.4 Å². The Balaban J connectivity index is 0.738. The molecule has 1 aromatic carbocycles. The van der Waals surface area contributed by atoms with Gasteiger partial charge in [-0.2, -0.15) is 10.2 Å². The van der Waals surface area contributed by atoms with Crippen LogP contribution in [0, 0.1) is 23.7 Å². The minimum absolute atomic E-state index is 0.0102. The zero-order valence-electron chi connectivity index (χ0n) is 33.8. The SMILES string of the molecule is Cn1c(=O)n(C2CCC(=O)NC2=O)c2cccc(C#CC3CCN(C[C@H]4CC[C@H](n5cc(NC(=O)c6cnn7ccc(N8C[C@H]9C[C@@H]8CO9)nc67)c(C(F)F)n5)CC4)CC3)c21. The number of fused-ring (bicyclic) bond motifs is 4. The van der Waals surface area contributed by atoms with Crippen molar-refractivity contribution in [3.63, 3.8) is 0 Å². The van der Waals surface area contributed by atoms with Crippen molar-refractivity contribution in [3.8, 4) is 11.8 Å². The van der Waals surface area contributed by atoms with Crippen molar-refractivity contribution >= 4 is 45.9 Å². The first-order chi connectivity index (χ1) is 29.6. The third kappa shape index (κ3) is 7.37. The molecular weight excluding hydrogens is 789 g/mol. The number of likely N-dealkylation sites (tertiary alicyclic amines) is 1. The molecule has 4 saturated heterocycles. The fraction of sp³-hybridized carbons (Fsp3) is 0.512. The van der Waals surface area contributed by atoms with Gasteiger partial charge in [-0.3, -0.25) is 33.5 Å². The number of carbonyl (C=O) groups excluding carboxylic acids is 3. The smallest absolute Gasteiger partial charge is 0.329 e. The Morgan fingerprint density at radius 3 is 2.61 bits per heavy atom. The Morgan fingerprint density at radius 2 is 1.87 bits per heavy atom. The summed E-state index contributed by atoms with van der Waals surface area (Å²) >= 11 is 0. The average molecular weight is 836 g/mol. The van der Waals surface area contributed by atoms with E-state index in [4.69, 9.17) is 9.72 Å².